The van der Waals surface area contributed by atoms with Crippen molar-refractivity contribution in [3.63, 3.8) is 0 Å². The molecule has 1 fully saturated rings. The maximum absolute atomic E-state index is 11.8. The molecule has 4 nitrogen and oxygen atoms in total. The molecule has 0 N–H and O–H groups in total. The number of ketones is 1. The summed E-state index contributed by atoms with van der Waals surface area (Å²) < 4.78 is 10.7. The zero-order valence-corrected chi connectivity index (χ0v) is 10.6. The van der Waals surface area contributed by atoms with Crippen molar-refractivity contribution in [1.82, 2.24) is 4.90 Å². The van der Waals surface area contributed by atoms with Gasteiger partial charge in [-0.05, 0) is 20.3 Å². The van der Waals surface area contributed by atoms with Crippen LogP contribution in [0.15, 0.2) is 0 Å². The van der Waals surface area contributed by atoms with Crippen molar-refractivity contribution in [2.75, 3.05) is 32.9 Å². The average Bonchev–Trinajstić information content (AvgIpc) is 2.29. The zero-order valence-electron chi connectivity index (χ0n) is 10.6. The van der Waals surface area contributed by atoms with Gasteiger partial charge in [-0.25, -0.2) is 0 Å². The molecule has 4 heteroatoms. The third kappa shape index (κ3) is 4.20. The second kappa shape index (κ2) is 6.99. The van der Waals surface area contributed by atoms with Gasteiger partial charge in [-0.3, -0.25) is 9.69 Å². The summed E-state index contributed by atoms with van der Waals surface area (Å²) in [5.41, 5.74) is 0. The Morgan fingerprint density at radius 3 is 2.94 bits per heavy atom. The fourth-order valence-corrected chi connectivity index (χ4v) is 1.74. The first-order chi connectivity index (χ1) is 7.65. The van der Waals surface area contributed by atoms with E-state index in [1.807, 2.05) is 6.92 Å². The highest BCUT2D eigenvalue weighted by Gasteiger charge is 2.27. The summed E-state index contributed by atoms with van der Waals surface area (Å²) in [6, 6.07) is 0.468. The topological polar surface area (TPSA) is 38.8 Å². The van der Waals surface area contributed by atoms with Crippen molar-refractivity contribution in [2.45, 2.75) is 39.3 Å². The van der Waals surface area contributed by atoms with E-state index < -0.39 is 0 Å². The Labute approximate surface area is 97.9 Å². The Hall–Kier alpha value is -0.450. The van der Waals surface area contributed by atoms with Crippen LogP contribution in [0, 0.1) is 0 Å². The molecular formula is C12H23NO3. The van der Waals surface area contributed by atoms with Crippen LogP contribution in [0.4, 0.5) is 0 Å². The van der Waals surface area contributed by atoms with E-state index in [2.05, 4.69) is 18.7 Å². The Bertz CT molecular complexity index is 218. The monoisotopic (exact) mass is 229 g/mol. The van der Waals surface area contributed by atoms with Gasteiger partial charge < -0.3 is 9.47 Å². The molecule has 16 heavy (non-hydrogen) atoms. The maximum Gasteiger partial charge on any atom is 0.188 e. The SMILES string of the molecule is CCCOCC(=O)C1CN(C(C)C)CCO1. The average molecular weight is 229 g/mol. The summed E-state index contributed by atoms with van der Waals surface area (Å²) in [7, 11) is 0. The minimum Gasteiger partial charge on any atom is -0.374 e. The molecule has 0 aliphatic carbocycles. The van der Waals surface area contributed by atoms with Crippen LogP contribution < -0.4 is 0 Å². The van der Waals surface area contributed by atoms with Gasteiger partial charge in [-0.15, -0.1) is 0 Å². The number of hydrogen-bond donors (Lipinski definition) is 0. The molecule has 1 saturated heterocycles. The van der Waals surface area contributed by atoms with Crippen LogP contribution in [0.1, 0.15) is 27.2 Å². The third-order valence-corrected chi connectivity index (χ3v) is 2.78. The normalized spacial score (nSPS) is 22.6. The van der Waals surface area contributed by atoms with Gasteiger partial charge in [0.1, 0.15) is 12.7 Å². The summed E-state index contributed by atoms with van der Waals surface area (Å²) in [6.07, 6.45) is 0.643. The number of morpholine rings is 1. The number of hydrogen-bond acceptors (Lipinski definition) is 4. The van der Waals surface area contributed by atoms with Crippen molar-refractivity contribution in [3.8, 4) is 0 Å². The quantitative estimate of drug-likeness (QED) is 0.639. The second-order valence-corrected chi connectivity index (χ2v) is 4.47. The molecule has 0 saturated carbocycles. The van der Waals surface area contributed by atoms with Crippen molar-refractivity contribution in [3.05, 3.63) is 0 Å². The van der Waals surface area contributed by atoms with Crippen LogP contribution in [0.3, 0.4) is 0 Å². The third-order valence-electron chi connectivity index (χ3n) is 2.78. The van der Waals surface area contributed by atoms with Crippen LogP contribution in [0.2, 0.25) is 0 Å². The highest BCUT2D eigenvalue weighted by atomic mass is 16.5. The zero-order chi connectivity index (χ0) is 12.0. The molecule has 0 aromatic rings. The van der Waals surface area contributed by atoms with Gasteiger partial charge in [0, 0.05) is 25.7 Å². The summed E-state index contributed by atoms with van der Waals surface area (Å²) in [5.74, 6) is 0.0683. The number of carbonyl (C=O) groups is 1. The van der Waals surface area contributed by atoms with Crippen molar-refractivity contribution in [1.29, 1.82) is 0 Å². The number of ether oxygens (including phenoxy) is 2. The molecular weight excluding hydrogens is 206 g/mol. The Morgan fingerprint density at radius 1 is 1.56 bits per heavy atom. The predicted molar refractivity (Wildman–Crippen MR) is 62.6 cm³/mol. The minimum absolute atomic E-state index is 0.0683. The summed E-state index contributed by atoms with van der Waals surface area (Å²) >= 11 is 0. The summed E-state index contributed by atoms with van der Waals surface area (Å²) in [4.78, 5) is 14.0. The van der Waals surface area contributed by atoms with Crippen LogP contribution in [-0.2, 0) is 14.3 Å². The minimum atomic E-state index is -0.298. The smallest absolute Gasteiger partial charge is 0.188 e. The van der Waals surface area contributed by atoms with E-state index in [0.29, 0.717) is 25.8 Å². The van der Waals surface area contributed by atoms with Crippen molar-refractivity contribution < 1.29 is 14.3 Å². The van der Waals surface area contributed by atoms with E-state index in [9.17, 15) is 4.79 Å². The van der Waals surface area contributed by atoms with Gasteiger partial charge in [-0.2, -0.15) is 0 Å². The highest BCUT2D eigenvalue weighted by molar-refractivity contribution is 5.84. The fourth-order valence-electron chi connectivity index (χ4n) is 1.74. The standard InChI is InChI=1S/C12H23NO3/c1-4-6-15-9-11(14)12-8-13(10(2)3)5-7-16-12/h10,12H,4-9H2,1-3H3. The Balaban J connectivity index is 2.32. The van der Waals surface area contributed by atoms with E-state index in [4.69, 9.17) is 9.47 Å². The van der Waals surface area contributed by atoms with Gasteiger partial charge in [0.05, 0.1) is 6.61 Å². The second-order valence-electron chi connectivity index (χ2n) is 4.47. The summed E-state index contributed by atoms with van der Waals surface area (Å²) in [6.45, 7) is 9.39. The van der Waals surface area contributed by atoms with E-state index >= 15 is 0 Å². The van der Waals surface area contributed by atoms with Crippen molar-refractivity contribution >= 4 is 5.78 Å². The van der Waals surface area contributed by atoms with E-state index in [1.165, 1.54) is 0 Å². The Kier molecular flexibility index (Phi) is 5.95. The highest BCUT2D eigenvalue weighted by Crippen LogP contribution is 2.09. The van der Waals surface area contributed by atoms with E-state index in [1.54, 1.807) is 0 Å². The molecule has 1 rings (SSSR count). The molecule has 1 aliphatic heterocycles. The number of rotatable bonds is 6. The molecule has 0 radical (unpaired) electrons. The molecule has 0 aromatic carbocycles. The first-order valence-electron chi connectivity index (χ1n) is 6.11. The Morgan fingerprint density at radius 2 is 2.31 bits per heavy atom. The number of carbonyl (C=O) groups excluding carboxylic acids is 1. The van der Waals surface area contributed by atoms with Crippen LogP contribution in [-0.4, -0.2) is 55.7 Å². The fraction of sp³-hybridized carbons (Fsp3) is 0.917. The van der Waals surface area contributed by atoms with E-state index in [-0.39, 0.29) is 18.5 Å². The lowest BCUT2D eigenvalue weighted by atomic mass is 10.1. The molecule has 0 bridgehead atoms. The van der Waals surface area contributed by atoms with Gasteiger partial charge in [0.2, 0.25) is 0 Å². The first kappa shape index (κ1) is 13.6. The van der Waals surface area contributed by atoms with Crippen LogP contribution in [0.25, 0.3) is 0 Å². The maximum atomic E-state index is 11.8. The molecule has 0 spiro atoms. The molecule has 1 heterocycles. The van der Waals surface area contributed by atoms with E-state index in [0.717, 1.165) is 13.0 Å². The molecule has 1 atom stereocenters. The number of nitrogens with zero attached hydrogens (tertiary/aromatic N) is 1. The van der Waals surface area contributed by atoms with Gasteiger partial charge >= 0.3 is 0 Å². The summed E-state index contributed by atoms with van der Waals surface area (Å²) in [5, 5.41) is 0. The van der Waals surface area contributed by atoms with Gasteiger partial charge in [-0.1, -0.05) is 6.92 Å². The lowest BCUT2D eigenvalue weighted by molar-refractivity contribution is -0.141. The molecule has 0 aromatic heterocycles. The largest absolute Gasteiger partial charge is 0.374 e. The lowest BCUT2D eigenvalue weighted by Crippen LogP contribution is -2.49. The number of Topliss-reactive ketones (excluding diaryl/α,β-unsaturated/α-hetero) is 1. The lowest BCUT2D eigenvalue weighted by Gasteiger charge is -2.34. The van der Waals surface area contributed by atoms with Gasteiger partial charge in [0.15, 0.2) is 5.78 Å². The van der Waals surface area contributed by atoms with Crippen LogP contribution in [0.5, 0.6) is 0 Å². The van der Waals surface area contributed by atoms with Crippen molar-refractivity contribution in [2.24, 2.45) is 0 Å². The first-order valence-corrected chi connectivity index (χ1v) is 6.11. The predicted octanol–water partition coefficient (Wildman–Crippen LogP) is 1.09. The van der Waals surface area contributed by atoms with Crippen LogP contribution >= 0.6 is 0 Å². The molecule has 94 valence electrons. The molecule has 1 aliphatic rings. The molecule has 0 amide bonds. The van der Waals surface area contributed by atoms with Gasteiger partial charge in [0.25, 0.3) is 0 Å². The molecule has 1 unspecified atom stereocenters.